The number of carbonyl (C=O) groups excluding carboxylic acids is 2. The highest BCUT2D eigenvalue weighted by atomic mass is 32.1. The van der Waals surface area contributed by atoms with E-state index < -0.39 is 0 Å². The van der Waals surface area contributed by atoms with E-state index in [1.807, 2.05) is 19.9 Å². The molecule has 0 radical (unpaired) electrons. The van der Waals surface area contributed by atoms with E-state index >= 15 is 0 Å². The summed E-state index contributed by atoms with van der Waals surface area (Å²) < 4.78 is 5.62. The predicted octanol–water partition coefficient (Wildman–Crippen LogP) is 4.11. The van der Waals surface area contributed by atoms with Gasteiger partial charge in [0.2, 0.25) is 0 Å². The van der Waals surface area contributed by atoms with Crippen LogP contribution in [-0.2, 0) is 17.6 Å². The Hall–Kier alpha value is -3.17. The number of rotatable bonds is 6. The number of H-pyrrole nitrogens is 1. The van der Waals surface area contributed by atoms with Gasteiger partial charge in [-0.3, -0.25) is 14.7 Å². The Morgan fingerprint density at radius 3 is 2.82 bits per heavy atom. The van der Waals surface area contributed by atoms with Crippen LogP contribution in [0.4, 0.5) is 5.00 Å². The fourth-order valence-corrected chi connectivity index (χ4v) is 6.13. The number of ether oxygens (including phenoxy) is 1. The molecule has 8 nitrogen and oxygen atoms in total. The van der Waals surface area contributed by atoms with Crippen molar-refractivity contribution in [1.29, 1.82) is 0 Å². The zero-order valence-corrected chi connectivity index (χ0v) is 20.1. The fraction of sp³-hybridized carbons (Fsp3) is 0.400. The molecule has 2 aliphatic rings. The molecule has 1 fully saturated rings. The Labute approximate surface area is 201 Å². The Kier molecular flexibility index (Phi) is 6.14. The van der Waals surface area contributed by atoms with Crippen LogP contribution in [0, 0.1) is 13.8 Å². The average molecular weight is 481 g/mol. The lowest BCUT2D eigenvalue weighted by Gasteiger charge is -2.12. The van der Waals surface area contributed by atoms with Crippen molar-refractivity contribution in [3.05, 3.63) is 51.0 Å². The molecular formula is C25H28N4O4S. The minimum absolute atomic E-state index is 0.0544. The molecule has 4 N–H and O–H groups in total. The van der Waals surface area contributed by atoms with Crippen molar-refractivity contribution in [3.8, 4) is 17.0 Å². The van der Waals surface area contributed by atoms with Gasteiger partial charge in [-0.05, 0) is 74.8 Å². The Balaban J connectivity index is 1.36. The first kappa shape index (κ1) is 22.6. The van der Waals surface area contributed by atoms with Gasteiger partial charge in [-0.25, -0.2) is 0 Å². The van der Waals surface area contributed by atoms with Crippen LogP contribution in [0.1, 0.15) is 61.7 Å². The molecule has 178 valence electrons. The third-order valence-corrected chi connectivity index (χ3v) is 7.63. The first-order chi connectivity index (χ1) is 16.4. The zero-order valence-electron chi connectivity index (χ0n) is 19.3. The van der Waals surface area contributed by atoms with Crippen molar-refractivity contribution in [2.45, 2.75) is 52.1 Å². The summed E-state index contributed by atoms with van der Waals surface area (Å²) in [5, 5.41) is 23.9. The summed E-state index contributed by atoms with van der Waals surface area (Å²) in [6.07, 6.45) is 4.79. The number of fused-ring (bicyclic) bond motifs is 1. The molecule has 5 rings (SSSR count). The highest BCUT2D eigenvalue weighted by Crippen LogP contribution is 2.39. The molecule has 1 saturated heterocycles. The Morgan fingerprint density at radius 1 is 1.21 bits per heavy atom. The second kappa shape index (κ2) is 9.23. The molecule has 1 unspecified atom stereocenters. The number of hydrogen-bond donors (Lipinski definition) is 4. The third-order valence-electron chi connectivity index (χ3n) is 6.43. The number of aromatic hydroxyl groups is 1. The number of aromatic nitrogens is 2. The SMILES string of the molecule is Cc1cc(C)c(-c2cc(C(=O)Nc3sc4c(c3C(=O)NCC3CCCO3)CCC4)[nH]n2)c(O)c1. The van der Waals surface area contributed by atoms with Gasteiger partial charge in [0.05, 0.1) is 17.4 Å². The summed E-state index contributed by atoms with van der Waals surface area (Å²) in [4.78, 5) is 27.3. The maximum Gasteiger partial charge on any atom is 0.274 e. The molecule has 1 atom stereocenters. The lowest BCUT2D eigenvalue weighted by Crippen LogP contribution is -2.32. The molecule has 3 aromatic rings. The summed E-state index contributed by atoms with van der Waals surface area (Å²) >= 11 is 1.47. The van der Waals surface area contributed by atoms with Crippen LogP contribution in [0.2, 0.25) is 0 Å². The molecule has 0 bridgehead atoms. The van der Waals surface area contributed by atoms with Gasteiger partial charge in [0.15, 0.2) is 0 Å². The van der Waals surface area contributed by atoms with Crippen molar-refractivity contribution in [2.24, 2.45) is 0 Å². The lowest BCUT2D eigenvalue weighted by molar-refractivity contribution is 0.0858. The highest BCUT2D eigenvalue weighted by molar-refractivity contribution is 7.17. The van der Waals surface area contributed by atoms with Gasteiger partial charge in [0.25, 0.3) is 11.8 Å². The van der Waals surface area contributed by atoms with E-state index in [0.717, 1.165) is 60.3 Å². The molecule has 2 amide bonds. The number of nitrogens with one attached hydrogen (secondary N) is 3. The maximum absolute atomic E-state index is 13.1. The second-order valence-corrected chi connectivity index (χ2v) is 10.1. The number of hydrogen-bond acceptors (Lipinski definition) is 6. The first-order valence-corrected chi connectivity index (χ1v) is 12.4. The number of benzene rings is 1. The van der Waals surface area contributed by atoms with E-state index in [-0.39, 0.29) is 29.4 Å². The van der Waals surface area contributed by atoms with Gasteiger partial charge in [-0.2, -0.15) is 5.10 Å². The van der Waals surface area contributed by atoms with Crippen molar-refractivity contribution in [3.63, 3.8) is 0 Å². The monoisotopic (exact) mass is 480 g/mol. The summed E-state index contributed by atoms with van der Waals surface area (Å²) in [7, 11) is 0. The maximum atomic E-state index is 13.1. The quantitative estimate of drug-likeness (QED) is 0.424. The molecule has 9 heteroatoms. The molecule has 2 aromatic heterocycles. The van der Waals surface area contributed by atoms with Crippen LogP contribution >= 0.6 is 11.3 Å². The Bertz CT molecular complexity index is 1230. The number of aryl methyl sites for hydroxylation is 3. The number of nitrogens with zero attached hydrogens (tertiary/aromatic N) is 1. The molecule has 0 spiro atoms. The number of phenolic OH excluding ortho intramolecular Hbond substituents is 1. The van der Waals surface area contributed by atoms with Gasteiger partial charge < -0.3 is 20.5 Å². The van der Waals surface area contributed by atoms with Crippen molar-refractivity contribution in [2.75, 3.05) is 18.5 Å². The van der Waals surface area contributed by atoms with E-state index in [9.17, 15) is 14.7 Å². The van der Waals surface area contributed by atoms with Gasteiger partial charge in [-0.15, -0.1) is 11.3 Å². The van der Waals surface area contributed by atoms with E-state index in [4.69, 9.17) is 4.74 Å². The molecule has 34 heavy (non-hydrogen) atoms. The molecule has 0 saturated carbocycles. The van der Waals surface area contributed by atoms with Crippen LogP contribution in [0.15, 0.2) is 18.2 Å². The number of carbonyl (C=O) groups is 2. The van der Waals surface area contributed by atoms with Gasteiger partial charge in [-0.1, -0.05) is 6.07 Å². The fourth-order valence-electron chi connectivity index (χ4n) is 4.85. The second-order valence-electron chi connectivity index (χ2n) is 9.00. The standard InChI is InChI=1S/C25H28N4O4S/c1-13-9-14(2)21(19(30)10-13)17-11-18(29-28-17)23(31)27-25-22(16-6-3-7-20(16)34-25)24(32)26-12-15-5-4-8-33-15/h9-11,15,30H,3-8,12H2,1-2H3,(H,26,32)(H,27,31)(H,28,29). The number of aromatic amines is 1. The van der Waals surface area contributed by atoms with E-state index in [2.05, 4.69) is 20.8 Å². The van der Waals surface area contributed by atoms with Crippen LogP contribution in [0.5, 0.6) is 5.75 Å². The van der Waals surface area contributed by atoms with Crippen molar-refractivity contribution >= 4 is 28.2 Å². The molecule has 1 aliphatic heterocycles. The molecule has 1 aromatic carbocycles. The van der Waals surface area contributed by atoms with Crippen LogP contribution < -0.4 is 10.6 Å². The number of thiophene rings is 1. The summed E-state index contributed by atoms with van der Waals surface area (Å²) in [5.74, 6) is -0.428. The average Bonchev–Trinajstić information content (AvgIpc) is 3.56. The van der Waals surface area contributed by atoms with Crippen molar-refractivity contribution in [1.82, 2.24) is 15.5 Å². The third kappa shape index (κ3) is 4.33. The van der Waals surface area contributed by atoms with E-state index in [0.29, 0.717) is 28.4 Å². The Morgan fingerprint density at radius 2 is 2.06 bits per heavy atom. The van der Waals surface area contributed by atoms with Gasteiger partial charge >= 0.3 is 0 Å². The summed E-state index contributed by atoms with van der Waals surface area (Å²) in [5.41, 5.74) is 4.76. The minimum Gasteiger partial charge on any atom is -0.507 e. The molecule has 1 aliphatic carbocycles. The van der Waals surface area contributed by atoms with E-state index in [1.54, 1.807) is 12.1 Å². The number of amides is 2. The smallest absolute Gasteiger partial charge is 0.274 e. The zero-order chi connectivity index (χ0) is 23.8. The van der Waals surface area contributed by atoms with Gasteiger partial charge in [0, 0.05) is 23.6 Å². The predicted molar refractivity (Wildman–Crippen MR) is 131 cm³/mol. The van der Waals surface area contributed by atoms with E-state index in [1.165, 1.54) is 11.3 Å². The van der Waals surface area contributed by atoms with Gasteiger partial charge in [0.1, 0.15) is 16.4 Å². The number of anilines is 1. The molecule has 3 heterocycles. The highest BCUT2D eigenvalue weighted by Gasteiger charge is 2.29. The summed E-state index contributed by atoms with van der Waals surface area (Å²) in [6, 6.07) is 5.24. The lowest BCUT2D eigenvalue weighted by atomic mass is 10.0. The largest absolute Gasteiger partial charge is 0.507 e. The van der Waals surface area contributed by atoms with Crippen LogP contribution in [0.3, 0.4) is 0 Å². The molecular weight excluding hydrogens is 452 g/mol. The normalized spacial score (nSPS) is 17.1. The van der Waals surface area contributed by atoms with Crippen LogP contribution in [-0.4, -0.2) is 46.4 Å². The first-order valence-electron chi connectivity index (χ1n) is 11.6. The van der Waals surface area contributed by atoms with Crippen LogP contribution in [0.25, 0.3) is 11.3 Å². The topological polar surface area (TPSA) is 116 Å². The summed E-state index contributed by atoms with van der Waals surface area (Å²) in [6.45, 7) is 5.01. The minimum atomic E-state index is -0.379. The number of phenols is 1. The van der Waals surface area contributed by atoms with Crippen molar-refractivity contribution < 1.29 is 19.4 Å².